The number of hydrogen-bond donors (Lipinski definition) is 8. The van der Waals surface area contributed by atoms with E-state index in [9.17, 15) is 45.6 Å². The average molecular weight is 472 g/mol. The van der Waals surface area contributed by atoms with Crippen LogP contribution in [0.3, 0.4) is 0 Å². The molecule has 0 saturated heterocycles. The van der Waals surface area contributed by atoms with Gasteiger partial charge in [-0.1, -0.05) is 0 Å². The summed E-state index contributed by atoms with van der Waals surface area (Å²) >= 11 is 0. The zero-order chi connectivity index (χ0) is 24.9. The van der Waals surface area contributed by atoms with Crippen LogP contribution in [0.1, 0.15) is 33.2 Å². The Balaban J connectivity index is 1.77. The van der Waals surface area contributed by atoms with Crippen LogP contribution in [-0.2, 0) is 11.2 Å². The molecule has 0 fully saturated rings. The van der Waals surface area contributed by atoms with Crippen molar-refractivity contribution in [1.29, 1.82) is 0 Å². The number of benzene rings is 3. The van der Waals surface area contributed by atoms with Crippen LogP contribution in [0.25, 0.3) is 0 Å². The standard InChI is InChI=1S/C23H20O11/c1-8-12(24)7-17-11(19(8)29)6-18(22(33-17)9-2-13(25)20(30)14(26)3-9)34-23(32)10-4-15(27)21(31)16(28)5-10/h2-5,7,18,22,24-31H,6H2,1H3/t18-,22-/m1/s1. The molecule has 1 heterocycles. The van der Waals surface area contributed by atoms with Gasteiger partial charge < -0.3 is 50.3 Å². The first kappa shape index (κ1) is 22.5. The first-order valence-electron chi connectivity index (χ1n) is 9.89. The predicted octanol–water partition coefficient (Wildman–Crippen LogP) is 2.54. The smallest absolute Gasteiger partial charge is 0.338 e. The molecule has 0 aromatic heterocycles. The predicted molar refractivity (Wildman–Crippen MR) is 114 cm³/mol. The molecule has 11 nitrogen and oxygen atoms in total. The average Bonchev–Trinajstić information content (AvgIpc) is 2.79. The first-order chi connectivity index (χ1) is 16.0. The molecule has 1 aliphatic heterocycles. The lowest BCUT2D eigenvalue weighted by Crippen LogP contribution is -2.35. The molecule has 3 aromatic carbocycles. The Labute approximate surface area is 191 Å². The molecule has 34 heavy (non-hydrogen) atoms. The summed E-state index contributed by atoms with van der Waals surface area (Å²) in [4.78, 5) is 12.8. The highest BCUT2D eigenvalue weighted by molar-refractivity contribution is 5.91. The van der Waals surface area contributed by atoms with Gasteiger partial charge in [0.05, 0.1) is 5.56 Å². The highest BCUT2D eigenvalue weighted by Gasteiger charge is 2.38. The van der Waals surface area contributed by atoms with Crippen LogP contribution in [0.2, 0.25) is 0 Å². The van der Waals surface area contributed by atoms with Crippen molar-refractivity contribution in [3.05, 3.63) is 52.6 Å². The fraction of sp³-hybridized carbons (Fsp3) is 0.174. The van der Waals surface area contributed by atoms with E-state index in [2.05, 4.69) is 0 Å². The van der Waals surface area contributed by atoms with Crippen molar-refractivity contribution in [2.24, 2.45) is 0 Å². The molecule has 0 amide bonds. The number of hydrogen-bond acceptors (Lipinski definition) is 11. The highest BCUT2D eigenvalue weighted by atomic mass is 16.6. The summed E-state index contributed by atoms with van der Waals surface area (Å²) in [7, 11) is 0. The molecule has 0 unspecified atom stereocenters. The number of carbonyl (C=O) groups excluding carboxylic acids is 1. The maximum atomic E-state index is 12.8. The van der Waals surface area contributed by atoms with E-state index in [1.165, 1.54) is 13.0 Å². The minimum Gasteiger partial charge on any atom is -0.507 e. The van der Waals surface area contributed by atoms with Gasteiger partial charge in [0.1, 0.15) is 23.4 Å². The topological polar surface area (TPSA) is 197 Å². The van der Waals surface area contributed by atoms with E-state index in [1.54, 1.807) is 0 Å². The van der Waals surface area contributed by atoms with Crippen LogP contribution in [0.15, 0.2) is 30.3 Å². The van der Waals surface area contributed by atoms with Gasteiger partial charge in [0, 0.05) is 29.2 Å². The van der Waals surface area contributed by atoms with Crippen LogP contribution in [0, 0.1) is 6.92 Å². The van der Waals surface area contributed by atoms with Crippen molar-refractivity contribution in [1.82, 2.24) is 0 Å². The van der Waals surface area contributed by atoms with Crippen molar-refractivity contribution in [3.8, 4) is 51.7 Å². The summed E-state index contributed by atoms with van der Waals surface area (Å²) in [5, 5.41) is 79.0. The highest BCUT2D eigenvalue weighted by Crippen LogP contribution is 2.47. The van der Waals surface area contributed by atoms with Crippen LogP contribution in [-0.4, -0.2) is 52.9 Å². The molecular weight excluding hydrogens is 452 g/mol. The quantitative estimate of drug-likeness (QED) is 0.206. The third-order valence-corrected chi connectivity index (χ3v) is 5.57. The lowest BCUT2D eigenvalue weighted by atomic mass is 9.92. The van der Waals surface area contributed by atoms with E-state index in [4.69, 9.17) is 9.47 Å². The Bertz CT molecular complexity index is 1270. The number of carbonyl (C=O) groups is 1. The van der Waals surface area contributed by atoms with Crippen LogP contribution in [0.4, 0.5) is 0 Å². The van der Waals surface area contributed by atoms with Crippen molar-refractivity contribution in [3.63, 3.8) is 0 Å². The summed E-state index contributed by atoms with van der Waals surface area (Å²) in [6.07, 6.45) is -2.50. The van der Waals surface area contributed by atoms with Gasteiger partial charge in [-0.25, -0.2) is 4.79 Å². The second-order valence-electron chi connectivity index (χ2n) is 7.80. The minimum absolute atomic E-state index is 0.0601. The largest absolute Gasteiger partial charge is 0.507 e. The molecule has 11 heteroatoms. The van der Waals surface area contributed by atoms with Gasteiger partial charge in [-0.15, -0.1) is 0 Å². The Kier molecular flexibility index (Phi) is 5.32. The Morgan fingerprint density at radius 1 is 0.794 bits per heavy atom. The van der Waals surface area contributed by atoms with Crippen molar-refractivity contribution in [2.45, 2.75) is 25.6 Å². The van der Waals surface area contributed by atoms with E-state index < -0.39 is 52.7 Å². The molecule has 4 rings (SSSR count). The van der Waals surface area contributed by atoms with Crippen molar-refractivity contribution < 1.29 is 55.1 Å². The number of rotatable bonds is 3. The normalized spacial score (nSPS) is 17.0. The fourth-order valence-electron chi connectivity index (χ4n) is 3.71. The Hall–Kier alpha value is -4.67. The minimum atomic E-state index is -1.19. The van der Waals surface area contributed by atoms with Gasteiger partial charge >= 0.3 is 5.97 Å². The third kappa shape index (κ3) is 3.72. The summed E-state index contributed by atoms with van der Waals surface area (Å²) in [6, 6.07) is 5.17. The lowest BCUT2D eigenvalue weighted by molar-refractivity contribution is -0.0189. The lowest BCUT2D eigenvalue weighted by Gasteiger charge is -2.34. The van der Waals surface area contributed by atoms with Gasteiger partial charge in [-0.05, 0) is 31.2 Å². The van der Waals surface area contributed by atoms with Gasteiger partial charge in [0.2, 0.25) is 0 Å². The number of ether oxygens (including phenoxy) is 2. The zero-order valence-electron chi connectivity index (χ0n) is 17.6. The maximum Gasteiger partial charge on any atom is 0.338 e. The molecule has 2 atom stereocenters. The van der Waals surface area contributed by atoms with E-state index in [1.807, 2.05) is 0 Å². The van der Waals surface area contributed by atoms with Crippen molar-refractivity contribution in [2.75, 3.05) is 0 Å². The van der Waals surface area contributed by atoms with Crippen molar-refractivity contribution >= 4 is 5.97 Å². The molecule has 0 saturated carbocycles. The second-order valence-corrected chi connectivity index (χ2v) is 7.80. The molecule has 0 radical (unpaired) electrons. The Morgan fingerprint density at radius 3 is 1.88 bits per heavy atom. The zero-order valence-corrected chi connectivity index (χ0v) is 17.6. The number of fused-ring (bicyclic) bond motifs is 1. The number of phenols is 8. The van der Waals surface area contributed by atoms with E-state index in [0.717, 1.165) is 24.3 Å². The Morgan fingerprint density at radius 2 is 1.32 bits per heavy atom. The van der Waals surface area contributed by atoms with E-state index in [-0.39, 0.29) is 45.9 Å². The third-order valence-electron chi connectivity index (χ3n) is 5.57. The SMILES string of the molecule is Cc1c(O)cc2c(c1O)C[C@@H](OC(=O)c1cc(O)c(O)c(O)c1)[C@@H](c1cc(O)c(O)c(O)c1)O2. The monoisotopic (exact) mass is 472 g/mol. The maximum absolute atomic E-state index is 12.8. The number of phenolic OH excluding ortho intramolecular Hbond substituents is 8. The second kappa shape index (κ2) is 8.03. The summed E-state index contributed by atoms with van der Waals surface area (Å²) in [5.74, 6) is -5.96. The molecule has 0 bridgehead atoms. The van der Waals surface area contributed by atoms with E-state index in [0.29, 0.717) is 0 Å². The van der Waals surface area contributed by atoms with Crippen LogP contribution < -0.4 is 4.74 Å². The molecule has 8 N–H and O–H groups in total. The molecule has 0 aliphatic carbocycles. The molecular formula is C23H20O11. The summed E-state index contributed by atoms with van der Waals surface area (Å²) in [5.41, 5.74) is 0.166. The number of aromatic hydroxyl groups is 8. The molecule has 3 aromatic rings. The summed E-state index contributed by atoms with van der Waals surface area (Å²) < 4.78 is 11.4. The van der Waals surface area contributed by atoms with E-state index >= 15 is 0 Å². The first-order valence-corrected chi connectivity index (χ1v) is 9.89. The molecule has 1 aliphatic rings. The van der Waals surface area contributed by atoms with Gasteiger partial charge in [-0.2, -0.15) is 0 Å². The van der Waals surface area contributed by atoms with Crippen LogP contribution in [0.5, 0.6) is 51.7 Å². The van der Waals surface area contributed by atoms with Gasteiger partial charge in [0.15, 0.2) is 40.6 Å². The van der Waals surface area contributed by atoms with Gasteiger partial charge in [-0.3, -0.25) is 0 Å². The fourth-order valence-corrected chi connectivity index (χ4v) is 3.71. The molecule has 0 spiro atoms. The van der Waals surface area contributed by atoms with Gasteiger partial charge in [0.25, 0.3) is 0 Å². The summed E-state index contributed by atoms with van der Waals surface area (Å²) in [6.45, 7) is 1.47. The number of esters is 1. The van der Waals surface area contributed by atoms with Crippen LogP contribution >= 0.6 is 0 Å². The molecule has 178 valence electrons.